The number of carbonyl (C=O) groups is 1. The molecule has 1 aliphatic heterocycles. The highest BCUT2D eigenvalue weighted by molar-refractivity contribution is 6.34. The number of fused-ring (bicyclic) bond motifs is 1. The fourth-order valence-corrected chi connectivity index (χ4v) is 5.38. The van der Waals surface area contributed by atoms with E-state index in [1.165, 1.54) is 12.1 Å². The quantitative estimate of drug-likeness (QED) is 0.514. The Morgan fingerprint density at radius 2 is 1.82 bits per heavy atom. The third-order valence-electron chi connectivity index (χ3n) is 6.95. The predicted octanol–water partition coefficient (Wildman–Crippen LogP) is 5.29. The zero-order valence-corrected chi connectivity index (χ0v) is 19.6. The molecule has 8 heteroatoms. The van der Waals surface area contributed by atoms with E-state index < -0.39 is 11.6 Å². The molecule has 2 aliphatic rings. The average Bonchev–Trinajstić information content (AvgIpc) is 3.39. The van der Waals surface area contributed by atoms with E-state index in [9.17, 15) is 14.3 Å². The monoisotopic (exact) mass is 480 g/mol. The number of halogens is 2. The number of carbonyl (C=O) groups excluding carboxylic acids is 1. The summed E-state index contributed by atoms with van der Waals surface area (Å²) in [6, 6.07) is 8.26. The maximum Gasteiger partial charge on any atom is 0.246 e. The lowest BCUT2D eigenvalue weighted by atomic mass is 9.94. The fourth-order valence-electron chi connectivity index (χ4n) is 5.12. The molecule has 5 rings (SSSR count). The first kappa shape index (κ1) is 22.6. The van der Waals surface area contributed by atoms with Crippen molar-refractivity contribution in [3.05, 3.63) is 59.5 Å². The number of amides is 1. The molecule has 1 N–H and O–H groups in total. The zero-order chi connectivity index (χ0) is 23.8. The lowest BCUT2D eigenvalue weighted by Crippen LogP contribution is -2.48. The second-order valence-electron chi connectivity index (χ2n) is 8.92. The molecule has 2 fully saturated rings. The lowest BCUT2D eigenvalue weighted by Gasteiger charge is -2.35. The molecule has 0 atom stereocenters. The van der Waals surface area contributed by atoms with Crippen LogP contribution >= 0.6 is 11.6 Å². The Kier molecular flexibility index (Phi) is 6.13. The first-order chi connectivity index (χ1) is 16.5. The minimum Gasteiger partial charge on any atom is -0.505 e. The Bertz CT molecular complexity index is 1270. The van der Waals surface area contributed by atoms with Crippen molar-refractivity contribution in [2.24, 2.45) is 0 Å². The highest BCUT2D eigenvalue weighted by Crippen LogP contribution is 2.42. The van der Waals surface area contributed by atoms with Crippen molar-refractivity contribution in [2.75, 3.05) is 31.1 Å². The smallest absolute Gasteiger partial charge is 0.246 e. The number of benzene rings is 2. The van der Waals surface area contributed by atoms with Gasteiger partial charge in [0.25, 0.3) is 0 Å². The Morgan fingerprint density at radius 3 is 2.53 bits per heavy atom. The Hall–Kier alpha value is -3.19. The van der Waals surface area contributed by atoms with Gasteiger partial charge in [-0.15, -0.1) is 5.10 Å². The predicted molar refractivity (Wildman–Crippen MR) is 132 cm³/mol. The molecule has 0 spiro atoms. The topological polar surface area (TPSA) is 69.6 Å². The summed E-state index contributed by atoms with van der Waals surface area (Å²) in [6.07, 6.45) is 5.73. The molecule has 1 aromatic heterocycles. The van der Waals surface area contributed by atoms with E-state index in [1.807, 2.05) is 12.1 Å². The van der Waals surface area contributed by atoms with E-state index in [-0.39, 0.29) is 11.5 Å². The van der Waals surface area contributed by atoms with Crippen LogP contribution in [0, 0.1) is 5.82 Å². The number of hydrogen-bond donors (Lipinski definition) is 1. The van der Waals surface area contributed by atoms with Gasteiger partial charge < -0.3 is 14.9 Å². The Balaban J connectivity index is 1.62. The minimum absolute atomic E-state index is 0.0759. The van der Waals surface area contributed by atoms with E-state index in [4.69, 9.17) is 11.6 Å². The average molecular weight is 481 g/mol. The van der Waals surface area contributed by atoms with Crippen molar-refractivity contribution >= 4 is 34.1 Å². The molecule has 0 bridgehead atoms. The molecule has 2 heterocycles. The molecule has 2 aromatic carbocycles. The van der Waals surface area contributed by atoms with E-state index in [2.05, 4.69) is 21.7 Å². The number of aromatic hydroxyl groups is 1. The number of phenolic OH excluding ortho intramolecular Hbond substituents is 1. The van der Waals surface area contributed by atoms with E-state index >= 15 is 0 Å². The Morgan fingerprint density at radius 1 is 1.09 bits per heavy atom. The fraction of sp³-hybridized carbons (Fsp3) is 0.346. The van der Waals surface area contributed by atoms with Gasteiger partial charge in [0.05, 0.1) is 5.69 Å². The molecule has 176 valence electrons. The van der Waals surface area contributed by atoms with Crippen LogP contribution in [-0.4, -0.2) is 52.3 Å². The van der Waals surface area contributed by atoms with Gasteiger partial charge in [-0.3, -0.25) is 4.79 Å². The van der Waals surface area contributed by atoms with Crippen LogP contribution in [0.3, 0.4) is 0 Å². The molecule has 1 aliphatic carbocycles. The summed E-state index contributed by atoms with van der Waals surface area (Å²) in [5.41, 5.74) is 1.68. The van der Waals surface area contributed by atoms with Crippen molar-refractivity contribution in [1.82, 2.24) is 15.1 Å². The number of phenols is 1. The minimum atomic E-state index is -0.698. The lowest BCUT2D eigenvalue weighted by molar-refractivity contribution is -0.126. The van der Waals surface area contributed by atoms with E-state index in [0.717, 1.165) is 42.1 Å². The van der Waals surface area contributed by atoms with Gasteiger partial charge in [-0.1, -0.05) is 43.2 Å². The molecule has 1 amide bonds. The molecule has 1 saturated heterocycles. The maximum absolute atomic E-state index is 14.8. The largest absolute Gasteiger partial charge is 0.505 e. The highest BCUT2D eigenvalue weighted by atomic mass is 35.5. The van der Waals surface area contributed by atoms with Crippen LogP contribution in [0.5, 0.6) is 5.75 Å². The summed E-state index contributed by atoms with van der Waals surface area (Å²) in [5.74, 6) is -0.170. The first-order valence-electron chi connectivity index (χ1n) is 11.6. The number of hydrogen-bond acceptors (Lipinski definition) is 5. The number of rotatable bonds is 4. The maximum atomic E-state index is 14.8. The van der Waals surface area contributed by atoms with Crippen LogP contribution in [0.4, 0.5) is 10.2 Å². The molecular weight excluding hydrogens is 455 g/mol. The van der Waals surface area contributed by atoms with Crippen LogP contribution in [0.2, 0.25) is 5.02 Å². The van der Waals surface area contributed by atoms with Crippen molar-refractivity contribution in [2.45, 2.75) is 31.6 Å². The summed E-state index contributed by atoms with van der Waals surface area (Å²) in [6.45, 7) is 5.94. The molecular formula is C26H26ClFN4O2. The summed E-state index contributed by atoms with van der Waals surface area (Å²) in [4.78, 5) is 15.9. The van der Waals surface area contributed by atoms with Crippen molar-refractivity contribution in [1.29, 1.82) is 0 Å². The van der Waals surface area contributed by atoms with E-state index in [0.29, 0.717) is 48.5 Å². The van der Waals surface area contributed by atoms with Crippen molar-refractivity contribution in [3.63, 3.8) is 0 Å². The molecule has 34 heavy (non-hydrogen) atoms. The van der Waals surface area contributed by atoms with Crippen molar-refractivity contribution < 1.29 is 14.3 Å². The SMILES string of the molecule is C=CC(=O)N1CCN(c2nnc(C3CCCC3)c3cc(-c4cccc(O)c4F)c(Cl)cc23)CC1. The number of anilines is 1. The van der Waals surface area contributed by atoms with Gasteiger partial charge in [-0.2, -0.15) is 5.10 Å². The second kappa shape index (κ2) is 9.22. The third kappa shape index (κ3) is 3.98. The molecule has 3 aromatic rings. The summed E-state index contributed by atoms with van der Waals surface area (Å²) in [7, 11) is 0. The van der Waals surface area contributed by atoms with Gasteiger partial charge in [0.1, 0.15) is 0 Å². The summed E-state index contributed by atoms with van der Waals surface area (Å²) < 4.78 is 14.8. The number of piperazine rings is 1. The first-order valence-corrected chi connectivity index (χ1v) is 12.0. The molecule has 1 saturated carbocycles. The van der Waals surface area contributed by atoms with Gasteiger partial charge in [0, 0.05) is 59.0 Å². The second-order valence-corrected chi connectivity index (χ2v) is 9.33. The standard InChI is InChI=1S/C26H26ClFN4O2/c1-2-23(34)31-10-12-32(13-11-31)26-20-15-21(27)18(17-8-5-9-22(33)24(17)28)14-19(20)25(29-30-26)16-6-3-4-7-16/h2,5,8-9,14-16,33H,1,3-4,6-7,10-13H2. The van der Waals surface area contributed by atoms with E-state index in [1.54, 1.807) is 17.0 Å². The van der Waals surface area contributed by atoms with Crippen LogP contribution in [0.1, 0.15) is 37.3 Å². The van der Waals surface area contributed by atoms with Gasteiger partial charge in [-0.05, 0) is 37.1 Å². The van der Waals surface area contributed by atoms with Crippen molar-refractivity contribution in [3.8, 4) is 16.9 Å². The molecule has 0 unspecified atom stereocenters. The van der Waals surface area contributed by atoms with Gasteiger partial charge in [-0.25, -0.2) is 4.39 Å². The van der Waals surface area contributed by atoms with Gasteiger partial charge >= 0.3 is 0 Å². The summed E-state index contributed by atoms with van der Waals surface area (Å²) >= 11 is 6.69. The van der Waals surface area contributed by atoms with Crippen LogP contribution < -0.4 is 4.90 Å². The normalized spacial score (nSPS) is 16.9. The van der Waals surface area contributed by atoms with Crippen LogP contribution in [0.15, 0.2) is 43.0 Å². The Labute approximate surface area is 202 Å². The highest BCUT2D eigenvalue weighted by Gasteiger charge is 2.27. The van der Waals surface area contributed by atoms with Crippen LogP contribution in [0.25, 0.3) is 21.9 Å². The van der Waals surface area contributed by atoms with Crippen LogP contribution in [-0.2, 0) is 4.79 Å². The van der Waals surface area contributed by atoms with Gasteiger partial charge in [0.15, 0.2) is 17.4 Å². The third-order valence-corrected chi connectivity index (χ3v) is 7.27. The zero-order valence-electron chi connectivity index (χ0n) is 18.8. The number of aromatic nitrogens is 2. The molecule has 6 nitrogen and oxygen atoms in total. The summed E-state index contributed by atoms with van der Waals surface area (Å²) in [5, 5.41) is 21.3. The molecule has 0 radical (unpaired) electrons. The number of nitrogens with zero attached hydrogens (tertiary/aromatic N) is 4. The van der Waals surface area contributed by atoms with Gasteiger partial charge in [0.2, 0.25) is 5.91 Å².